The summed E-state index contributed by atoms with van der Waals surface area (Å²) in [5, 5.41) is 3.11. The molecular formula is C13H13ClFNS. The third-order valence-corrected chi connectivity index (χ3v) is 3.98. The van der Waals surface area contributed by atoms with Crippen LogP contribution in [0.1, 0.15) is 22.2 Å². The Balaban J connectivity index is 2.13. The molecule has 1 unspecified atom stereocenters. The van der Waals surface area contributed by atoms with Gasteiger partial charge in [0.05, 0.1) is 5.01 Å². The lowest BCUT2D eigenvalue weighted by molar-refractivity contribution is 0.625. The van der Waals surface area contributed by atoms with Crippen LogP contribution in [0.4, 0.5) is 4.39 Å². The molecule has 0 radical (unpaired) electrons. The van der Waals surface area contributed by atoms with E-state index < -0.39 is 0 Å². The van der Waals surface area contributed by atoms with E-state index >= 15 is 0 Å². The topological polar surface area (TPSA) is 12.9 Å². The number of aromatic nitrogens is 1. The summed E-state index contributed by atoms with van der Waals surface area (Å²) in [7, 11) is 0. The maximum atomic E-state index is 12.8. The Labute approximate surface area is 109 Å². The molecule has 2 aromatic rings. The Morgan fingerprint density at radius 1 is 1.35 bits per heavy atom. The van der Waals surface area contributed by atoms with Crippen molar-refractivity contribution in [2.75, 3.05) is 5.88 Å². The van der Waals surface area contributed by atoms with Gasteiger partial charge in [0.1, 0.15) is 5.82 Å². The number of nitrogens with zero attached hydrogens (tertiary/aromatic N) is 1. The standard InChI is InChI=1S/C13H13ClFNS/c1-9-8-17-13(16-9)6-11(7-14)10-2-4-12(15)5-3-10/h2-5,8,11H,6-7H2,1H3. The molecule has 17 heavy (non-hydrogen) atoms. The van der Waals surface area contributed by atoms with Crippen LogP contribution in [0.15, 0.2) is 29.6 Å². The molecule has 0 spiro atoms. The van der Waals surface area contributed by atoms with Crippen LogP contribution in [-0.2, 0) is 6.42 Å². The van der Waals surface area contributed by atoms with Gasteiger partial charge >= 0.3 is 0 Å². The Morgan fingerprint density at radius 3 is 2.59 bits per heavy atom. The Bertz CT molecular complexity index is 480. The van der Waals surface area contributed by atoms with Crippen molar-refractivity contribution in [3.63, 3.8) is 0 Å². The maximum Gasteiger partial charge on any atom is 0.123 e. The highest BCUT2D eigenvalue weighted by molar-refractivity contribution is 7.09. The van der Waals surface area contributed by atoms with Crippen molar-refractivity contribution >= 4 is 22.9 Å². The molecule has 4 heteroatoms. The molecule has 0 aliphatic rings. The second-order valence-electron chi connectivity index (χ2n) is 3.99. The fraction of sp³-hybridized carbons (Fsp3) is 0.308. The van der Waals surface area contributed by atoms with Crippen LogP contribution >= 0.6 is 22.9 Å². The third kappa shape index (κ3) is 3.27. The van der Waals surface area contributed by atoms with Gasteiger partial charge in [-0.15, -0.1) is 22.9 Å². The number of hydrogen-bond acceptors (Lipinski definition) is 2. The van der Waals surface area contributed by atoms with Crippen LogP contribution in [-0.4, -0.2) is 10.9 Å². The predicted molar refractivity (Wildman–Crippen MR) is 70.4 cm³/mol. The SMILES string of the molecule is Cc1csc(CC(CCl)c2ccc(F)cc2)n1. The molecule has 0 aliphatic carbocycles. The van der Waals surface area contributed by atoms with Crippen LogP contribution in [0.5, 0.6) is 0 Å². The minimum atomic E-state index is -0.216. The van der Waals surface area contributed by atoms with E-state index in [1.54, 1.807) is 23.5 Å². The molecule has 1 aromatic carbocycles. The largest absolute Gasteiger partial charge is 0.247 e. The lowest BCUT2D eigenvalue weighted by atomic mass is 9.98. The van der Waals surface area contributed by atoms with E-state index in [1.807, 2.05) is 12.3 Å². The van der Waals surface area contributed by atoms with Crippen molar-refractivity contribution in [2.45, 2.75) is 19.3 Å². The molecule has 0 N–H and O–H groups in total. The monoisotopic (exact) mass is 269 g/mol. The van der Waals surface area contributed by atoms with Gasteiger partial charge in [-0.05, 0) is 24.6 Å². The van der Waals surface area contributed by atoms with E-state index in [-0.39, 0.29) is 11.7 Å². The van der Waals surface area contributed by atoms with Crippen molar-refractivity contribution in [3.05, 3.63) is 51.7 Å². The van der Waals surface area contributed by atoms with Gasteiger partial charge in [-0.1, -0.05) is 12.1 Å². The normalized spacial score (nSPS) is 12.6. The summed E-state index contributed by atoms with van der Waals surface area (Å²) < 4.78 is 12.8. The molecule has 0 aliphatic heterocycles. The Kier molecular flexibility index (Phi) is 4.13. The number of benzene rings is 1. The van der Waals surface area contributed by atoms with E-state index in [0.717, 1.165) is 22.7 Å². The summed E-state index contributed by atoms with van der Waals surface area (Å²) in [4.78, 5) is 4.43. The zero-order chi connectivity index (χ0) is 12.3. The molecule has 90 valence electrons. The lowest BCUT2D eigenvalue weighted by Gasteiger charge is -2.12. The van der Waals surface area contributed by atoms with E-state index in [2.05, 4.69) is 4.98 Å². The van der Waals surface area contributed by atoms with Gasteiger partial charge in [0.25, 0.3) is 0 Å². The maximum absolute atomic E-state index is 12.8. The molecule has 0 saturated carbocycles. The number of hydrogen-bond donors (Lipinski definition) is 0. The predicted octanol–water partition coefficient (Wildman–Crippen LogP) is 4.16. The quantitative estimate of drug-likeness (QED) is 0.760. The molecule has 0 bridgehead atoms. The van der Waals surface area contributed by atoms with E-state index in [9.17, 15) is 4.39 Å². The molecule has 2 rings (SSSR count). The first-order valence-electron chi connectivity index (χ1n) is 5.41. The van der Waals surface area contributed by atoms with E-state index in [4.69, 9.17) is 11.6 Å². The van der Waals surface area contributed by atoms with Crippen molar-refractivity contribution < 1.29 is 4.39 Å². The number of aryl methyl sites for hydroxylation is 1. The molecule has 0 amide bonds. The van der Waals surface area contributed by atoms with Gasteiger partial charge in [0.15, 0.2) is 0 Å². The summed E-state index contributed by atoms with van der Waals surface area (Å²) in [5.74, 6) is 0.500. The zero-order valence-corrected chi connectivity index (χ0v) is 11.1. The molecule has 1 aromatic heterocycles. The summed E-state index contributed by atoms with van der Waals surface area (Å²) in [5.41, 5.74) is 2.10. The minimum absolute atomic E-state index is 0.197. The van der Waals surface area contributed by atoms with Crippen molar-refractivity contribution in [1.29, 1.82) is 0 Å². The molecule has 0 saturated heterocycles. The molecule has 1 heterocycles. The van der Waals surface area contributed by atoms with Gasteiger partial charge in [-0.25, -0.2) is 9.37 Å². The Morgan fingerprint density at radius 2 is 2.06 bits per heavy atom. The van der Waals surface area contributed by atoms with Crippen molar-refractivity contribution in [3.8, 4) is 0 Å². The highest BCUT2D eigenvalue weighted by Crippen LogP contribution is 2.24. The van der Waals surface area contributed by atoms with E-state index in [0.29, 0.717) is 5.88 Å². The summed E-state index contributed by atoms with van der Waals surface area (Å²) >= 11 is 7.63. The summed E-state index contributed by atoms with van der Waals surface area (Å²) in [6, 6.07) is 6.54. The zero-order valence-electron chi connectivity index (χ0n) is 9.49. The summed E-state index contributed by atoms with van der Waals surface area (Å²) in [6.07, 6.45) is 0.813. The van der Waals surface area contributed by atoms with E-state index in [1.165, 1.54) is 12.1 Å². The fourth-order valence-corrected chi connectivity index (χ4v) is 2.84. The van der Waals surface area contributed by atoms with Gasteiger partial charge in [0, 0.05) is 29.3 Å². The van der Waals surface area contributed by atoms with Gasteiger partial charge in [-0.3, -0.25) is 0 Å². The number of rotatable bonds is 4. The number of alkyl halides is 1. The van der Waals surface area contributed by atoms with Crippen molar-refractivity contribution in [2.24, 2.45) is 0 Å². The minimum Gasteiger partial charge on any atom is -0.247 e. The van der Waals surface area contributed by atoms with Crippen LogP contribution in [0.3, 0.4) is 0 Å². The highest BCUT2D eigenvalue weighted by Gasteiger charge is 2.13. The molecule has 1 atom stereocenters. The van der Waals surface area contributed by atoms with Gasteiger partial charge in [0.2, 0.25) is 0 Å². The van der Waals surface area contributed by atoms with Crippen LogP contribution in [0, 0.1) is 12.7 Å². The highest BCUT2D eigenvalue weighted by atomic mass is 35.5. The average molecular weight is 270 g/mol. The smallest absolute Gasteiger partial charge is 0.123 e. The number of thiazole rings is 1. The first-order chi connectivity index (χ1) is 8.19. The molecular weight excluding hydrogens is 257 g/mol. The lowest BCUT2D eigenvalue weighted by Crippen LogP contribution is -2.04. The fourth-order valence-electron chi connectivity index (χ4n) is 1.70. The molecule has 0 fully saturated rings. The van der Waals surface area contributed by atoms with Gasteiger partial charge in [-0.2, -0.15) is 0 Å². The van der Waals surface area contributed by atoms with Crippen LogP contribution in [0.25, 0.3) is 0 Å². The first kappa shape index (κ1) is 12.5. The Hall–Kier alpha value is -0.930. The second kappa shape index (κ2) is 5.61. The third-order valence-electron chi connectivity index (χ3n) is 2.62. The first-order valence-corrected chi connectivity index (χ1v) is 6.83. The summed E-state index contributed by atoms with van der Waals surface area (Å²) in [6.45, 7) is 1.98. The van der Waals surface area contributed by atoms with Crippen LogP contribution < -0.4 is 0 Å². The van der Waals surface area contributed by atoms with Crippen molar-refractivity contribution in [1.82, 2.24) is 4.98 Å². The average Bonchev–Trinajstić information content (AvgIpc) is 2.73. The molecule has 1 nitrogen and oxygen atoms in total. The number of halogens is 2. The van der Waals surface area contributed by atoms with Crippen LogP contribution in [0.2, 0.25) is 0 Å². The second-order valence-corrected chi connectivity index (χ2v) is 5.24. The van der Waals surface area contributed by atoms with Gasteiger partial charge < -0.3 is 0 Å².